The van der Waals surface area contributed by atoms with Gasteiger partial charge in [0.15, 0.2) is 5.60 Å². The van der Waals surface area contributed by atoms with Gasteiger partial charge in [0.25, 0.3) is 0 Å². The molecule has 2 aliphatic carbocycles. The molecule has 0 amide bonds. The zero-order chi connectivity index (χ0) is 17.9. The number of ether oxygens (including phenoxy) is 1. The van der Waals surface area contributed by atoms with Gasteiger partial charge < -0.3 is 20.1 Å². The summed E-state index contributed by atoms with van der Waals surface area (Å²) in [5.74, 6) is -3.21. The molecule has 0 aliphatic heterocycles. The summed E-state index contributed by atoms with van der Waals surface area (Å²) in [6.07, 6.45) is 1.60. The number of aliphatic carboxylic acids is 2. The van der Waals surface area contributed by atoms with E-state index in [4.69, 9.17) is 4.74 Å². The van der Waals surface area contributed by atoms with Crippen LogP contribution in [-0.4, -0.2) is 34.4 Å². The van der Waals surface area contributed by atoms with E-state index in [9.17, 15) is 24.9 Å². The Labute approximate surface area is 140 Å². The van der Waals surface area contributed by atoms with Crippen molar-refractivity contribution in [2.45, 2.75) is 44.1 Å². The van der Waals surface area contributed by atoms with E-state index in [0.29, 0.717) is 24.8 Å². The van der Waals surface area contributed by atoms with Gasteiger partial charge in [0.1, 0.15) is 5.75 Å². The molecule has 1 fully saturated rings. The third kappa shape index (κ3) is 1.75. The lowest BCUT2D eigenvalue weighted by Crippen LogP contribution is -2.57. The molecule has 1 saturated carbocycles. The van der Waals surface area contributed by atoms with Gasteiger partial charge in [-0.05, 0) is 31.4 Å². The number of carboxylic acids is 2. The molecule has 24 heavy (non-hydrogen) atoms. The lowest BCUT2D eigenvalue weighted by molar-refractivity contribution is -0.189. The molecule has 4 atom stereocenters. The second kappa shape index (κ2) is 4.96. The van der Waals surface area contributed by atoms with Crippen molar-refractivity contribution in [1.29, 1.82) is 0 Å². The van der Waals surface area contributed by atoms with Crippen LogP contribution in [0.15, 0.2) is 18.2 Å². The van der Waals surface area contributed by atoms with Crippen LogP contribution in [-0.2, 0) is 20.6 Å². The van der Waals surface area contributed by atoms with Crippen LogP contribution in [0, 0.1) is 11.3 Å². The van der Waals surface area contributed by atoms with Crippen LogP contribution in [0.4, 0.5) is 0 Å². The number of fused-ring (bicyclic) bond motifs is 3. The molecule has 2 aliphatic rings. The van der Waals surface area contributed by atoms with Crippen LogP contribution < -0.4 is 4.74 Å². The third-order valence-electron chi connectivity index (χ3n) is 6.14. The standard InChI is InChI=1S/C18H22O6/c1-16-8-5-9-17(2,14(19)20)13(16)18(23,15(21)22)12-10(16)6-4-7-11(12)24-3/h4,6-7,13,23H,5,8-9H2,1-3H3,(H,19,20)(H,21,22)/t13-,16+,17-,18-/m1/s1. The lowest BCUT2D eigenvalue weighted by Gasteiger charge is -2.50. The minimum Gasteiger partial charge on any atom is -0.496 e. The largest absolute Gasteiger partial charge is 0.496 e. The number of rotatable bonds is 3. The Morgan fingerprint density at radius 1 is 1.17 bits per heavy atom. The number of hydrogen-bond acceptors (Lipinski definition) is 4. The van der Waals surface area contributed by atoms with E-state index >= 15 is 0 Å². The average Bonchev–Trinajstić information content (AvgIpc) is 2.74. The normalized spacial score (nSPS) is 37.4. The van der Waals surface area contributed by atoms with E-state index in [1.54, 1.807) is 25.1 Å². The summed E-state index contributed by atoms with van der Waals surface area (Å²) in [6, 6.07) is 5.13. The molecular weight excluding hydrogens is 312 g/mol. The molecule has 0 saturated heterocycles. The first-order valence-electron chi connectivity index (χ1n) is 8.01. The van der Waals surface area contributed by atoms with Crippen LogP contribution in [0.5, 0.6) is 5.75 Å². The van der Waals surface area contributed by atoms with Gasteiger partial charge in [0.05, 0.1) is 12.5 Å². The van der Waals surface area contributed by atoms with E-state index in [1.807, 2.05) is 6.92 Å². The Morgan fingerprint density at radius 2 is 1.83 bits per heavy atom. The Balaban J connectivity index is 2.40. The molecule has 0 bridgehead atoms. The van der Waals surface area contributed by atoms with Gasteiger partial charge in [-0.25, -0.2) is 4.79 Å². The molecule has 6 heteroatoms. The van der Waals surface area contributed by atoms with Crippen LogP contribution >= 0.6 is 0 Å². The highest BCUT2D eigenvalue weighted by atomic mass is 16.5. The molecule has 0 radical (unpaired) electrons. The van der Waals surface area contributed by atoms with E-state index in [-0.39, 0.29) is 11.3 Å². The molecule has 3 rings (SSSR count). The number of benzene rings is 1. The fraction of sp³-hybridized carbons (Fsp3) is 0.556. The summed E-state index contributed by atoms with van der Waals surface area (Å²) in [5.41, 5.74) is -3.53. The molecule has 0 unspecified atom stereocenters. The summed E-state index contributed by atoms with van der Waals surface area (Å²) in [5, 5.41) is 31.1. The monoisotopic (exact) mass is 334 g/mol. The maximum Gasteiger partial charge on any atom is 0.340 e. The molecule has 0 aromatic heterocycles. The van der Waals surface area contributed by atoms with Crippen molar-refractivity contribution < 1.29 is 29.6 Å². The predicted octanol–water partition coefficient (Wildman–Crippen LogP) is 2.13. The number of methoxy groups -OCH3 is 1. The number of aliphatic hydroxyl groups is 1. The molecule has 0 spiro atoms. The van der Waals surface area contributed by atoms with Gasteiger partial charge in [-0.2, -0.15) is 0 Å². The van der Waals surface area contributed by atoms with Crippen molar-refractivity contribution in [1.82, 2.24) is 0 Å². The van der Waals surface area contributed by atoms with Crippen LogP contribution in [0.1, 0.15) is 44.2 Å². The summed E-state index contributed by atoms with van der Waals surface area (Å²) in [6.45, 7) is 3.40. The molecule has 3 N–H and O–H groups in total. The van der Waals surface area contributed by atoms with Crippen LogP contribution in [0.25, 0.3) is 0 Å². The highest BCUT2D eigenvalue weighted by molar-refractivity contribution is 5.87. The summed E-state index contributed by atoms with van der Waals surface area (Å²) in [4.78, 5) is 24.2. The molecule has 0 heterocycles. The van der Waals surface area contributed by atoms with E-state index < -0.39 is 34.3 Å². The highest BCUT2D eigenvalue weighted by Gasteiger charge is 2.70. The minimum absolute atomic E-state index is 0.196. The molecule has 6 nitrogen and oxygen atoms in total. The lowest BCUT2D eigenvalue weighted by atomic mass is 9.53. The molecule has 130 valence electrons. The van der Waals surface area contributed by atoms with Gasteiger partial charge in [0.2, 0.25) is 0 Å². The van der Waals surface area contributed by atoms with Crippen molar-refractivity contribution in [3.05, 3.63) is 29.3 Å². The van der Waals surface area contributed by atoms with Gasteiger partial charge in [-0.1, -0.05) is 25.5 Å². The van der Waals surface area contributed by atoms with Crippen LogP contribution in [0.2, 0.25) is 0 Å². The maximum atomic E-state index is 12.2. The van der Waals surface area contributed by atoms with E-state index in [2.05, 4.69) is 0 Å². The first kappa shape index (κ1) is 16.8. The number of carboxylic acid groups (broad SMARTS) is 2. The Hall–Kier alpha value is -2.08. The second-order valence-corrected chi connectivity index (χ2v) is 7.38. The third-order valence-corrected chi connectivity index (χ3v) is 6.14. The van der Waals surface area contributed by atoms with Crippen molar-refractivity contribution in [3.8, 4) is 5.75 Å². The maximum absolute atomic E-state index is 12.2. The first-order chi connectivity index (χ1) is 11.1. The van der Waals surface area contributed by atoms with E-state index in [0.717, 1.165) is 0 Å². The Bertz CT molecular complexity index is 728. The fourth-order valence-corrected chi connectivity index (χ4v) is 5.20. The zero-order valence-corrected chi connectivity index (χ0v) is 14.0. The van der Waals surface area contributed by atoms with Crippen molar-refractivity contribution in [2.24, 2.45) is 11.3 Å². The molecule has 1 aromatic carbocycles. The minimum atomic E-state index is -2.30. The van der Waals surface area contributed by atoms with Crippen LogP contribution in [0.3, 0.4) is 0 Å². The highest BCUT2D eigenvalue weighted by Crippen LogP contribution is 2.66. The smallest absolute Gasteiger partial charge is 0.340 e. The molecule has 1 aromatic rings. The zero-order valence-electron chi connectivity index (χ0n) is 14.0. The SMILES string of the molecule is COc1cccc2c1[C@](O)(C(=O)O)[C@H]1[C@](C)(C(=O)O)CCC[C@@]21C. The summed E-state index contributed by atoms with van der Waals surface area (Å²) >= 11 is 0. The van der Waals surface area contributed by atoms with Crippen molar-refractivity contribution in [2.75, 3.05) is 7.11 Å². The number of carbonyl (C=O) groups is 2. The summed E-state index contributed by atoms with van der Waals surface area (Å²) in [7, 11) is 1.42. The second-order valence-electron chi connectivity index (χ2n) is 7.38. The van der Waals surface area contributed by atoms with Gasteiger partial charge in [-0.15, -0.1) is 0 Å². The van der Waals surface area contributed by atoms with Gasteiger partial charge >= 0.3 is 11.9 Å². The first-order valence-corrected chi connectivity index (χ1v) is 8.01. The Morgan fingerprint density at radius 3 is 2.38 bits per heavy atom. The Kier molecular flexibility index (Phi) is 3.46. The fourth-order valence-electron chi connectivity index (χ4n) is 5.20. The van der Waals surface area contributed by atoms with Gasteiger partial charge in [0, 0.05) is 16.9 Å². The molecular formula is C18H22O6. The van der Waals surface area contributed by atoms with Gasteiger partial charge in [-0.3, -0.25) is 4.79 Å². The number of hydrogen-bond donors (Lipinski definition) is 3. The average molecular weight is 334 g/mol. The topological polar surface area (TPSA) is 104 Å². The quantitative estimate of drug-likeness (QED) is 0.782. The van der Waals surface area contributed by atoms with Crippen molar-refractivity contribution in [3.63, 3.8) is 0 Å². The summed E-state index contributed by atoms with van der Waals surface area (Å²) < 4.78 is 5.31. The van der Waals surface area contributed by atoms with Crippen molar-refractivity contribution >= 4 is 11.9 Å². The predicted molar refractivity (Wildman–Crippen MR) is 85.0 cm³/mol. The van der Waals surface area contributed by atoms with E-state index in [1.165, 1.54) is 7.11 Å².